The van der Waals surface area contributed by atoms with Crippen LogP contribution in [0.15, 0.2) is 42.6 Å². The quantitative estimate of drug-likeness (QED) is 0.520. The first-order valence-electron chi connectivity index (χ1n) is 3.08. The number of hydrogen-bond acceptors (Lipinski definition) is 0. The van der Waals surface area contributed by atoms with Crippen LogP contribution in [-0.4, -0.2) is 9.52 Å². The average Bonchev–Trinajstić information content (AvgIpc) is 1.91. The van der Waals surface area contributed by atoms with E-state index in [1.165, 1.54) is 5.19 Å². The number of benzene rings is 1. The van der Waals surface area contributed by atoms with Crippen LogP contribution in [0.25, 0.3) is 0 Å². The van der Waals surface area contributed by atoms with E-state index in [0.29, 0.717) is 0 Å². The van der Waals surface area contributed by atoms with Crippen molar-refractivity contribution < 1.29 is 0 Å². The Morgan fingerprint density at radius 3 is 2.44 bits per heavy atom. The lowest BCUT2D eigenvalue weighted by Crippen LogP contribution is -2.09. The molecule has 0 aliphatic carbocycles. The largest absolute Gasteiger partial charge is 0.107 e. The molecule has 0 aliphatic heterocycles. The van der Waals surface area contributed by atoms with Crippen molar-refractivity contribution in [2.24, 2.45) is 0 Å². The van der Waals surface area contributed by atoms with Crippen molar-refractivity contribution in [3.05, 3.63) is 42.6 Å². The van der Waals surface area contributed by atoms with Crippen molar-refractivity contribution in [2.75, 3.05) is 0 Å². The monoisotopic (exact) mass is 134 g/mol. The topological polar surface area (TPSA) is 0 Å². The van der Waals surface area contributed by atoms with Crippen molar-refractivity contribution in [2.45, 2.75) is 0 Å². The van der Waals surface area contributed by atoms with Gasteiger partial charge in [0.05, 0.1) is 9.52 Å². The Morgan fingerprint density at radius 1 is 1.22 bits per heavy atom. The summed E-state index contributed by atoms with van der Waals surface area (Å²) < 4.78 is 0. The summed E-state index contributed by atoms with van der Waals surface area (Å²) >= 11 is 0. The van der Waals surface area contributed by atoms with Crippen LogP contribution >= 0.6 is 0 Å². The molecule has 0 N–H and O–H groups in total. The minimum atomic E-state index is -0.137. The fourth-order valence-electron chi connectivity index (χ4n) is 0.781. The van der Waals surface area contributed by atoms with Gasteiger partial charge in [-0.2, -0.15) is 0 Å². The summed E-state index contributed by atoms with van der Waals surface area (Å²) in [5, 5.41) is 1.47. The lowest BCUT2D eigenvalue weighted by Gasteiger charge is -1.90. The van der Waals surface area contributed by atoms with Crippen LogP contribution in [0.4, 0.5) is 0 Å². The second kappa shape index (κ2) is 3.25. The second-order valence-corrected chi connectivity index (χ2v) is 3.78. The van der Waals surface area contributed by atoms with Crippen LogP contribution in [0.1, 0.15) is 0 Å². The highest BCUT2D eigenvalue weighted by molar-refractivity contribution is 6.58. The Labute approximate surface area is 58.0 Å². The second-order valence-electron chi connectivity index (χ2n) is 1.98. The van der Waals surface area contributed by atoms with Crippen LogP contribution in [-0.2, 0) is 0 Å². The van der Waals surface area contributed by atoms with E-state index in [2.05, 4.69) is 36.5 Å². The molecule has 1 aromatic rings. The Kier molecular flexibility index (Phi) is 2.28. The van der Waals surface area contributed by atoms with E-state index in [1.54, 1.807) is 0 Å². The van der Waals surface area contributed by atoms with Gasteiger partial charge >= 0.3 is 0 Å². The first-order chi connectivity index (χ1) is 4.43. The van der Waals surface area contributed by atoms with Crippen LogP contribution < -0.4 is 5.19 Å². The summed E-state index contributed by atoms with van der Waals surface area (Å²) in [5.74, 6) is 0. The molecule has 0 aromatic heterocycles. The van der Waals surface area contributed by atoms with Crippen molar-refractivity contribution in [1.29, 1.82) is 0 Å². The molecule has 0 spiro atoms. The molecule has 0 heterocycles. The highest BCUT2D eigenvalue weighted by atomic mass is 28.2. The molecule has 9 heavy (non-hydrogen) atoms. The van der Waals surface area contributed by atoms with Gasteiger partial charge in [-0.3, -0.25) is 0 Å². The standard InChI is InChI=1S/C8H10Si/c1-2-9-8-6-4-3-5-7-8/h2-7H,1,9H2. The van der Waals surface area contributed by atoms with Crippen molar-refractivity contribution >= 4 is 14.7 Å². The zero-order valence-electron chi connectivity index (χ0n) is 5.38. The van der Waals surface area contributed by atoms with E-state index in [0.717, 1.165) is 0 Å². The minimum absolute atomic E-state index is 0.137. The van der Waals surface area contributed by atoms with Crippen LogP contribution in [0.3, 0.4) is 0 Å². The van der Waals surface area contributed by atoms with E-state index in [9.17, 15) is 0 Å². The van der Waals surface area contributed by atoms with Gasteiger partial charge in [-0.25, -0.2) is 0 Å². The predicted octanol–water partition coefficient (Wildman–Crippen LogP) is 0.624. The Bertz CT molecular complexity index is 179. The zero-order valence-corrected chi connectivity index (χ0v) is 6.79. The molecule has 0 nitrogen and oxygen atoms in total. The molecular weight excluding hydrogens is 124 g/mol. The maximum Gasteiger partial charge on any atom is 0.0775 e. The number of hydrogen-bond donors (Lipinski definition) is 0. The van der Waals surface area contributed by atoms with Gasteiger partial charge in [0, 0.05) is 0 Å². The first-order valence-corrected chi connectivity index (χ1v) is 4.60. The molecule has 46 valence electrons. The summed E-state index contributed by atoms with van der Waals surface area (Å²) in [6, 6.07) is 10.5. The SMILES string of the molecule is C=C[SiH2]c1ccccc1. The minimum Gasteiger partial charge on any atom is -0.107 e. The molecule has 0 atom stereocenters. The third-order valence-corrected chi connectivity index (χ3v) is 2.45. The Balaban J connectivity index is 2.72. The molecule has 1 aromatic carbocycles. The van der Waals surface area contributed by atoms with Crippen LogP contribution in [0.2, 0.25) is 0 Å². The van der Waals surface area contributed by atoms with Gasteiger partial charge in [-0.05, 0) is 0 Å². The highest BCUT2D eigenvalue weighted by Crippen LogP contribution is 1.80. The van der Waals surface area contributed by atoms with Crippen LogP contribution in [0, 0.1) is 0 Å². The summed E-state index contributed by atoms with van der Waals surface area (Å²) in [6.45, 7) is 3.72. The zero-order chi connectivity index (χ0) is 6.53. The average molecular weight is 134 g/mol. The maximum absolute atomic E-state index is 3.72. The molecule has 0 unspecified atom stereocenters. The van der Waals surface area contributed by atoms with Gasteiger partial charge < -0.3 is 0 Å². The molecule has 1 rings (SSSR count). The van der Waals surface area contributed by atoms with Crippen molar-refractivity contribution in [1.82, 2.24) is 0 Å². The Hall–Kier alpha value is -0.823. The maximum atomic E-state index is 3.72. The highest BCUT2D eigenvalue weighted by Gasteiger charge is 1.83. The lowest BCUT2D eigenvalue weighted by molar-refractivity contribution is 1.77. The summed E-state index contributed by atoms with van der Waals surface area (Å²) in [7, 11) is -0.137. The van der Waals surface area contributed by atoms with Gasteiger partial charge in [-0.1, -0.05) is 35.5 Å². The third-order valence-electron chi connectivity index (χ3n) is 1.22. The smallest absolute Gasteiger partial charge is 0.0775 e. The third kappa shape index (κ3) is 1.86. The van der Waals surface area contributed by atoms with E-state index in [1.807, 2.05) is 6.07 Å². The lowest BCUT2D eigenvalue weighted by atomic mass is 10.4. The molecule has 1 heteroatoms. The van der Waals surface area contributed by atoms with Gasteiger partial charge in [0.25, 0.3) is 0 Å². The molecule has 0 bridgehead atoms. The van der Waals surface area contributed by atoms with Crippen molar-refractivity contribution in [3.63, 3.8) is 0 Å². The van der Waals surface area contributed by atoms with Gasteiger partial charge in [-0.15, -0.1) is 12.3 Å². The normalized spacial score (nSPS) is 10.2. The van der Waals surface area contributed by atoms with E-state index in [-0.39, 0.29) is 9.52 Å². The summed E-state index contributed by atoms with van der Waals surface area (Å²) in [5.41, 5.74) is 2.05. The van der Waals surface area contributed by atoms with Gasteiger partial charge in [0.2, 0.25) is 0 Å². The predicted molar refractivity (Wildman–Crippen MR) is 44.8 cm³/mol. The fraction of sp³-hybridized carbons (Fsp3) is 0. The summed E-state index contributed by atoms with van der Waals surface area (Å²) in [6.07, 6.45) is 0. The molecular formula is C8H10Si. The van der Waals surface area contributed by atoms with Crippen LogP contribution in [0.5, 0.6) is 0 Å². The molecule has 0 saturated carbocycles. The summed E-state index contributed by atoms with van der Waals surface area (Å²) in [4.78, 5) is 0. The van der Waals surface area contributed by atoms with Gasteiger partial charge in [0.1, 0.15) is 0 Å². The molecule has 0 fully saturated rings. The number of rotatable bonds is 2. The van der Waals surface area contributed by atoms with Gasteiger partial charge in [0.15, 0.2) is 0 Å². The molecule has 0 amide bonds. The first kappa shape index (κ1) is 6.30. The Morgan fingerprint density at radius 2 is 1.89 bits per heavy atom. The molecule has 0 aliphatic rings. The van der Waals surface area contributed by atoms with E-state index >= 15 is 0 Å². The molecule has 0 radical (unpaired) electrons. The molecule has 0 saturated heterocycles. The fourth-order valence-corrected chi connectivity index (χ4v) is 1.66. The van der Waals surface area contributed by atoms with E-state index in [4.69, 9.17) is 0 Å². The van der Waals surface area contributed by atoms with E-state index < -0.39 is 0 Å². The van der Waals surface area contributed by atoms with Crippen molar-refractivity contribution in [3.8, 4) is 0 Å².